The van der Waals surface area contributed by atoms with Crippen molar-refractivity contribution in [2.45, 2.75) is 45.1 Å². The third-order valence-corrected chi connectivity index (χ3v) is 3.22. The van der Waals surface area contributed by atoms with Crippen LogP contribution in [0.3, 0.4) is 0 Å². The van der Waals surface area contributed by atoms with E-state index in [2.05, 4.69) is 19.2 Å². The summed E-state index contributed by atoms with van der Waals surface area (Å²) in [6.45, 7) is 5.66. The summed E-state index contributed by atoms with van der Waals surface area (Å²) in [5.74, 6) is 0. The average molecular weight is 185 g/mol. The monoisotopic (exact) mass is 185 g/mol. The van der Waals surface area contributed by atoms with Crippen LogP contribution in [0.2, 0.25) is 0 Å². The summed E-state index contributed by atoms with van der Waals surface area (Å²) in [5, 5.41) is 3.24. The number of nitrogens with one attached hydrogen (secondary N) is 1. The van der Waals surface area contributed by atoms with Crippen molar-refractivity contribution in [3.63, 3.8) is 0 Å². The van der Waals surface area contributed by atoms with Gasteiger partial charge in [-0.25, -0.2) is 0 Å². The number of likely N-dealkylation sites (N-methyl/N-ethyl adjacent to an activating group) is 1. The maximum absolute atomic E-state index is 5.69. The second-order valence-electron chi connectivity index (χ2n) is 5.11. The van der Waals surface area contributed by atoms with E-state index in [4.69, 9.17) is 4.74 Å². The second-order valence-corrected chi connectivity index (χ2v) is 5.11. The molecule has 13 heavy (non-hydrogen) atoms. The molecule has 2 heteroatoms. The van der Waals surface area contributed by atoms with Gasteiger partial charge in [-0.15, -0.1) is 0 Å². The first-order valence-corrected chi connectivity index (χ1v) is 5.23. The molecule has 0 aromatic carbocycles. The second kappa shape index (κ2) is 3.97. The SMILES string of the molecule is CNCC1(OC)CCCC(C)(C)C1. The summed E-state index contributed by atoms with van der Waals surface area (Å²) in [4.78, 5) is 0. The zero-order valence-corrected chi connectivity index (χ0v) is 9.44. The molecular weight excluding hydrogens is 162 g/mol. The van der Waals surface area contributed by atoms with Crippen molar-refractivity contribution in [3.05, 3.63) is 0 Å². The fourth-order valence-electron chi connectivity index (χ4n) is 2.66. The minimum Gasteiger partial charge on any atom is -0.377 e. The lowest BCUT2D eigenvalue weighted by atomic mass is 9.69. The van der Waals surface area contributed by atoms with Crippen LogP contribution in [0.15, 0.2) is 0 Å². The molecule has 0 heterocycles. The van der Waals surface area contributed by atoms with E-state index >= 15 is 0 Å². The molecule has 1 saturated carbocycles. The topological polar surface area (TPSA) is 21.3 Å². The van der Waals surface area contributed by atoms with E-state index in [9.17, 15) is 0 Å². The van der Waals surface area contributed by atoms with Crippen LogP contribution in [0, 0.1) is 5.41 Å². The Balaban J connectivity index is 2.64. The highest BCUT2D eigenvalue weighted by Gasteiger charge is 2.39. The minimum atomic E-state index is 0.0938. The molecule has 0 amide bonds. The lowest BCUT2D eigenvalue weighted by Gasteiger charge is -2.44. The molecule has 0 aromatic heterocycles. The first kappa shape index (κ1) is 11.0. The van der Waals surface area contributed by atoms with Gasteiger partial charge in [-0.1, -0.05) is 20.3 Å². The lowest BCUT2D eigenvalue weighted by Crippen LogP contribution is -2.47. The smallest absolute Gasteiger partial charge is 0.0807 e. The molecule has 1 fully saturated rings. The molecule has 0 radical (unpaired) electrons. The molecule has 1 unspecified atom stereocenters. The van der Waals surface area contributed by atoms with Gasteiger partial charge in [0.25, 0.3) is 0 Å². The average Bonchev–Trinajstić information content (AvgIpc) is 2.03. The molecular formula is C11H23NO. The van der Waals surface area contributed by atoms with Gasteiger partial charge >= 0.3 is 0 Å². The van der Waals surface area contributed by atoms with E-state index in [-0.39, 0.29) is 5.60 Å². The molecule has 78 valence electrons. The highest BCUT2D eigenvalue weighted by molar-refractivity contribution is 4.93. The predicted molar refractivity (Wildman–Crippen MR) is 55.9 cm³/mol. The molecule has 0 aliphatic heterocycles. The van der Waals surface area contributed by atoms with E-state index in [1.165, 1.54) is 25.7 Å². The number of hydrogen-bond acceptors (Lipinski definition) is 2. The van der Waals surface area contributed by atoms with Gasteiger partial charge < -0.3 is 10.1 Å². The van der Waals surface area contributed by atoms with E-state index in [0.29, 0.717) is 5.41 Å². The molecule has 1 N–H and O–H groups in total. The van der Waals surface area contributed by atoms with Gasteiger partial charge in [0.05, 0.1) is 5.60 Å². The number of methoxy groups -OCH3 is 1. The van der Waals surface area contributed by atoms with Crippen molar-refractivity contribution < 1.29 is 4.74 Å². The fourth-order valence-corrected chi connectivity index (χ4v) is 2.66. The van der Waals surface area contributed by atoms with E-state index < -0.39 is 0 Å². The first-order chi connectivity index (χ1) is 6.04. The highest BCUT2D eigenvalue weighted by Crippen LogP contribution is 2.42. The van der Waals surface area contributed by atoms with Crippen molar-refractivity contribution in [2.24, 2.45) is 5.41 Å². The molecule has 1 rings (SSSR count). The minimum absolute atomic E-state index is 0.0938. The van der Waals surface area contributed by atoms with Gasteiger partial charge in [0.2, 0.25) is 0 Å². The molecule has 2 nitrogen and oxygen atoms in total. The van der Waals surface area contributed by atoms with Gasteiger partial charge in [0.1, 0.15) is 0 Å². The Morgan fingerprint density at radius 1 is 1.31 bits per heavy atom. The van der Waals surface area contributed by atoms with Gasteiger partial charge in [-0.05, 0) is 31.7 Å². The maximum atomic E-state index is 5.69. The summed E-state index contributed by atoms with van der Waals surface area (Å²) in [6.07, 6.45) is 5.01. The Kier molecular flexibility index (Phi) is 3.36. The van der Waals surface area contributed by atoms with E-state index in [0.717, 1.165) is 6.54 Å². The summed E-state index contributed by atoms with van der Waals surface area (Å²) in [7, 11) is 3.85. The Hall–Kier alpha value is -0.0800. The van der Waals surface area contributed by atoms with Crippen LogP contribution >= 0.6 is 0 Å². The first-order valence-electron chi connectivity index (χ1n) is 5.23. The van der Waals surface area contributed by atoms with E-state index in [1.54, 1.807) is 0 Å². The Morgan fingerprint density at radius 2 is 2.00 bits per heavy atom. The van der Waals surface area contributed by atoms with Crippen LogP contribution in [-0.2, 0) is 4.74 Å². The third kappa shape index (κ3) is 2.68. The standard InChI is InChI=1S/C11H23NO/c1-10(2)6-5-7-11(8-10,13-4)9-12-3/h12H,5-9H2,1-4H3. The number of ether oxygens (including phenoxy) is 1. The van der Waals surface area contributed by atoms with Gasteiger partial charge in [-0.2, -0.15) is 0 Å². The third-order valence-electron chi connectivity index (χ3n) is 3.22. The Bertz CT molecular complexity index is 163. The van der Waals surface area contributed by atoms with Gasteiger partial charge in [0.15, 0.2) is 0 Å². The van der Waals surface area contributed by atoms with Crippen LogP contribution in [-0.4, -0.2) is 26.3 Å². The maximum Gasteiger partial charge on any atom is 0.0807 e. The van der Waals surface area contributed by atoms with Crippen molar-refractivity contribution in [1.82, 2.24) is 5.32 Å². The summed E-state index contributed by atoms with van der Waals surface area (Å²) < 4.78 is 5.69. The molecule has 0 spiro atoms. The fraction of sp³-hybridized carbons (Fsp3) is 1.00. The largest absolute Gasteiger partial charge is 0.377 e. The quantitative estimate of drug-likeness (QED) is 0.727. The van der Waals surface area contributed by atoms with Crippen LogP contribution in [0.4, 0.5) is 0 Å². The van der Waals surface area contributed by atoms with Crippen molar-refractivity contribution >= 4 is 0 Å². The van der Waals surface area contributed by atoms with E-state index in [1.807, 2.05) is 14.2 Å². The Morgan fingerprint density at radius 3 is 2.46 bits per heavy atom. The zero-order chi connectivity index (χ0) is 9.95. The number of rotatable bonds is 3. The van der Waals surface area contributed by atoms with Gasteiger partial charge in [0, 0.05) is 13.7 Å². The van der Waals surface area contributed by atoms with Crippen LogP contribution in [0.25, 0.3) is 0 Å². The highest BCUT2D eigenvalue weighted by atomic mass is 16.5. The van der Waals surface area contributed by atoms with Crippen molar-refractivity contribution in [3.8, 4) is 0 Å². The van der Waals surface area contributed by atoms with Crippen LogP contribution in [0.1, 0.15) is 39.5 Å². The summed E-state index contributed by atoms with van der Waals surface area (Å²) in [6, 6.07) is 0. The molecule has 0 aromatic rings. The Labute approximate surface area is 82.0 Å². The van der Waals surface area contributed by atoms with Gasteiger partial charge in [-0.3, -0.25) is 0 Å². The molecule has 1 atom stereocenters. The van der Waals surface area contributed by atoms with Crippen LogP contribution < -0.4 is 5.32 Å². The summed E-state index contributed by atoms with van der Waals surface area (Å²) in [5.41, 5.74) is 0.543. The molecule has 1 aliphatic carbocycles. The predicted octanol–water partition coefficient (Wildman–Crippen LogP) is 2.19. The molecule has 1 aliphatic rings. The normalized spacial score (nSPS) is 33.2. The molecule has 0 bridgehead atoms. The van der Waals surface area contributed by atoms with Crippen LogP contribution in [0.5, 0.6) is 0 Å². The lowest BCUT2D eigenvalue weighted by molar-refractivity contribution is -0.0695. The van der Waals surface area contributed by atoms with Crippen molar-refractivity contribution in [1.29, 1.82) is 0 Å². The molecule has 0 saturated heterocycles. The van der Waals surface area contributed by atoms with Crippen molar-refractivity contribution in [2.75, 3.05) is 20.7 Å². The number of hydrogen-bond donors (Lipinski definition) is 1. The summed E-state index contributed by atoms with van der Waals surface area (Å²) >= 11 is 0. The zero-order valence-electron chi connectivity index (χ0n) is 9.44.